The molecule has 2 aliphatic heterocycles. The summed E-state index contributed by atoms with van der Waals surface area (Å²) in [6.07, 6.45) is 8.42. The number of nitro benzene ring substituents is 1. The number of sulfonamides is 1. The molecule has 0 N–H and O–H groups in total. The highest BCUT2D eigenvalue weighted by atomic mass is 32.2. The number of piperidine rings is 1. The second-order valence-corrected chi connectivity index (χ2v) is 9.76. The molecular formula is C19H26N6O4S. The fourth-order valence-electron chi connectivity index (χ4n) is 4.29. The molecule has 2 aliphatic rings. The predicted octanol–water partition coefficient (Wildman–Crippen LogP) is 2.59. The minimum Gasteiger partial charge on any atom is -0.366 e. The van der Waals surface area contributed by atoms with E-state index < -0.39 is 14.9 Å². The summed E-state index contributed by atoms with van der Waals surface area (Å²) in [7, 11) is -3.74. The van der Waals surface area contributed by atoms with Gasteiger partial charge in [0, 0.05) is 32.2 Å². The number of hydrogen-bond acceptors (Lipinski definition) is 7. The summed E-state index contributed by atoms with van der Waals surface area (Å²) in [4.78, 5) is 17.2. The Bertz CT molecular complexity index is 978. The van der Waals surface area contributed by atoms with Crippen molar-refractivity contribution in [2.45, 2.75) is 49.5 Å². The quantitative estimate of drug-likeness (QED) is 0.525. The average molecular weight is 435 g/mol. The van der Waals surface area contributed by atoms with Gasteiger partial charge in [-0.3, -0.25) is 10.1 Å². The lowest BCUT2D eigenvalue weighted by atomic mass is 10.0. The topological polar surface area (TPSA) is 114 Å². The lowest BCUT2D eigenvalue weighted by molar-refractivity contribution is -0.384. The Hall–Kier alpha value is -2.53. The van der Waals surface area contributed by atoms with Gasteiger partial charge in [-0.25, -0.2) is 18.1 Å². The molecule has 0 saturated carbocycles. The Kier molecular flexibility index (Phi) is 6.00. The zero-order chi connectivity index (χ0) is 21.1. The summed E-state index contributed by atoms with van der Waals surface area (Å²) < 4.78 is 29.4. The van der Waals surface area contributed by atoms with Crippen LogP contribution in [0.5, 0.6) is 0 Å². The van der Waals surface area contributed by atoms with Crippen LogP contribution in [0.3, 0.4) is 0 Å². The highest BCUT2D eigenvalue weighted by Gasteiger charge is 2.30. The van der Waals surface area contributed by atoms with Crippen molar-refractivity contribution in [2.24, 2.45) is 0 Å². The number of hydrogen-bond donors (Lipinski definition) is 0. The van der Waals surface area contributed by atoms with Crippen LogP contribution in [0.2, 0.25) is 0 Å². The smallest absolute Gasteiger partial charge is 0.293 e. The van der Waals surface area contributed by atoms with Crippen LogP contribution < -0.4 is 4.90 Å². The average Bonchev–Trinajstić information content (AvgIpc) is 3.15. The molecule has 4 rings (SSSR count). The Morgan fingerprint density at radius 3 is 2.33 bits per heavy atom. The van der Waals surface area contributed by atoms with Gasteiger partial charge in [0.15, 0.2) is 0 Å². The van der Waals surface area contributed by atoms with Gasteiger partial charge in [-0.2, -0.15) is 9.40 Å². The van der Waals surface area contributed by atoms with Gasteiger partial charge in [0.25, 0.3) is 5.69 Å². The molecular weight excluding hydrogens is 408 g/mol. The second kappa shape index (κ2) is 8.68. The van der Waals surface area contributed by atoms with Gasteiger partial charge in [0.1, 0.15) is 18.3 Å². The maximum absolute atomic E-state index is 13.1. The molecule has 0 bridgehead atoms. The number of nitro groups is 1. The predicted molar refractivity (Wildman–Crippen MR) is 111 cm³/mol. The molecule has 2 aromatic rings. The Morgan fingerprint density at radius 1 is 1.03 bits per heavy atom. The van der Waals surface area contributed by atoms with Crippen molar-refractivity contribution in [1.82, 2.24) is 19.1 Å². The molecule has 3 heterocycles. The Labute approximate surface area is 175 Å². The molecule has 0 unspecified atom stereocenters. The molecule has 0 amide bonds. The Morgan fingerprint density at radius 2 is 1.73 bits per heavy atom. The fourth-order valence-corrected chi connectivity index (χ4v) is 5.82. The molecule has 11 heteroatoms. The molecule has 2 fully saturated rings. The van der Waals surface area contributed by atoms with Crippen LogP contribution in [0.25, 0.3) is 0 Å². The van der Waals surface area contributed by atoms with Gasteiger partial charge in [-0.1, -0.05) is 12.8 Å². The van der Waals surface area contributed by atoms with Crippen LogP contribution >= 0.6 is 0 Å². The molecule has 162 valence electrons. The van der Waals surface area contributed by atoms with E-state index in [9.17, 15) is 18.5 Å². The van der Waals surface area contributed by atoms with Crippen molar-refractivity contribution >= 4 is 21.4 Å². The normalized spacial score (nSPS) is 19.5. The van der Waals surface area contributed by atoms with E-state index in [0.29, 0.717) is 31.9 Å². The van der Waals surface area contributed by atoms with E-state index in [4.69, 9.17) is 0 Å². The zero-order valence-electron chi connectivity index (χ0n) is 16.8. The zero-order valence-corrected chi connectivity index (χ0v) is 17.6. The minimum absolute atomic E-state index is 0.00245. The first-order valence-corrected chi connectivity index (χ1v) is 11.8. The van der Waals surface area contributed by atoms with E-state index in [1.807, 2.05) is 9.58 Å². The van der Waals surface area contributed by atoms with Crippen LogP contribution in [0.4, 0.5) is 11.4 Å². The van der Waals surface area contributed by atoms with E-state index in [2.05, 4.69) is 10.1 Å². The maximum atomic E-state index is 13.1. The molecule has 30 heavy (non-hydrogen) atoms. The standard InChI is InChI=1S/C19H26N6O4S/c26-25(27)19-13-17(30(28,29)23-9-3-1-2-4-10-23)5-6-18(19)22-11-7-16(8-12-22)24-15-20-14-21-24/h5-6,13-16H,1-4,7-12H2. The first-order valence-electron chi connectivity index (χ1n) is 10.3. The molecule has 0 radical (unpaired) electrons. The van der Waals surface area contributed by atoms with Crippen LogP contribution in [0.15, 0.2) is 35.7 Å². The van der Waals surface area contributed by atoms with Crippen molar-refractivity contribution in [2.75, 3.05) is 31.1 Å². The molecule has 0 aliphatic carbocycles. The third-order valence-corrected chi connectivity index (χ3v) is 7.86. The summed E-state index contributed by atoms with van der Waals surface area (Å²) >= 11 is 0. The van der Waals surface area contributed by atoms with Gasteiger partial charge < -0.3 is 4.90 Å². The maximum Gasteiger partial charge on any atom is 0.293 e. The molecule has 0 spiro atoms. The number of anilines is 1. The highest BCUT2D eigenvalue weighted by molar-refractivity contribution is 7.89. The summed E-state index contributed by atoms with van der Waals surface area (Å²) in [5, 5.41) is 16.0. The number of nitrogens with zero attached hydrogens (tertiary/aromatic N) is 6. The first-order chi connectivity index (χ1) is 14.5. The highest BCUT2D eigenvalue weighted by Crippen LogP contribution is 2.35. The second-order valence-electron chi connectivity index (χ2n) is 7.82. The summed E-state index contributed by atoms with van der Waals surface area (Å²) in [6.45, 7) is 2.19. The van der Waals surface area contributed by atoms with E-state index in [1.54, 1.807) is 12.4 Å². The monoisotopic (exact) mass is 434 g/mol. The van der Waals surface area contributed by atoms with Crippen molar-refractivity contribution in [3.8, 4) is 0 Å². The summed E-state index contributed by atoms with van der Waals surface area (Å²) in [5.74, 6) is 0. The third-order valence-electron chi connectivity index (χ3n) is 5.96. The molecule has 0 atom stereocenters. The lowest BCUT2D eigenvalue weighted by Gasteiger charge is -2.33. The van der Waals surface area contributed by atoms with Crippen molar-refractivity contribution in [1.29, 1.82) is 0 Å². The van der Waals surface area contributed by atoms with Crippen LogP contribution in [-0.4, -0.2) is 58.6 Å². The fraction of sp³-hybridized carbons (Fsp3) is 0.579. The van der Waals surface area contributed by atoms with E-state index in [1.165, 1.54) is 22.8 Å². The van der Waals surface area contributed by atoms with Gasteiger partial charge in [0.2, 0.25) is 10.0 Å². The largest absolute Gasteiger partial charge is 0.366 e. The first kappa shape index (κ1) is 20.7. The molecule has 10 nitrogen and oxygen atoms in total. The van der Waals surface area contributed by atoms with Crippen LogP contribution in [-0.2, 0) is 10.0 Å². The van der Waals surface area contributed by atoms with E-state index in [0.717, 1.165) is 38.5 Å². The van der Waals surface area contributed by atoms with E-state index in [-0.39, 0.29) is 16.6 Å². The van der Waals surface area contributed by atoms with Gasteiger partial charge in [-0.05, 0) is 37.8 Å². The third kappa shape index (κ3) is 4.17. The summed E-state index contributed by atoms with van der Waals surface area (Å²) in [5.41, 5.74) is 0.303. The van der Waals surface area contributed by atoms with Crippen LogP contribution in [0.1, 0.15) is 44.6 Å². The SMILES string of the molecule is O=[N+]([O-])c1cc(S(=O)(=O)N2CCCCCC2)ccc1N1CCC(n2cncn2)CC1. The summed E-state index contributed by atoms with van der Waals surface area (Å²) in [6, 6.07) is 4.52. The van der Waals surface area contributed by atoms with Crippen molar-refractivity contribution in [3.63, 3.8) is 0 Å². The lowest BCUT2D eigenvalue weighted by Crippen LogP contribution is -2.35. The molecule has 1 aromatic heterocycles. The van der Waals surface area contributed by atoms with Gasteiger partial charge in [-0.15, -0.1) is 0 Å². The molecule has 1 aromatic carbocycles. The van der Waals surface area contributed by atoms with Crippen LogP contribution in [0, 0.1) is 10.1 Å². The number of aromatic nitrogens is 3. The van der Waals surface area contributed by atoms with E-state index >= 15 is 0 Å². The van der Waals surface area contributed by atoms with Gasteiger partial charge in [0.05, 0.1) is 15.9 Å². The number of benzene rings is 1. The Balaban J connectivity index is 1.56. The van der Waals surface area contributed by atoms with Gasteiger partial charge >= 0.3 is 0 Å². The number of rotatable bonds is 5. The van der Waals surface area contributed by atoms with Crippen molar-refractivity contribution in [3.05, 3.63) is 41.0 Å². The van der Waals surface area contributed by atoms with Crippen molar-refractivity contribution < 1.29 is 13.3 Å². The minimum atomic E-state index is -3.74. The molecule has 2 saturated heterocycles.